The number of hydrogen-bond donors (Lipinski definition) is 0. The van der Waals surface area contributed by atoms with Crippen molar-refractivity contribution in [1.29, 1.82) is 0 Å². The number of halogens is 1. The molecule has 0 aromatic heterocycles. The van der Waals surface area contributed by atoms with E-state index in [0.29, 0.717) is 22.0 Å². The first-order valence-electron chi connectivity index (χ1n) is 7.54. The molecule has 0 saturated heterocycles. The largest absolute Gasteiger partial charge is 0.497 e. The smallest absolute Gasteiger partial charge is 0.258 e. The molecule has 3 rings (SSSR count). The second kappa shape index (κ2) is 6.90. The van der Waals surface area contributed by atoms with Crippen LogP contribution in [0.2, 0.25) is 5.02 Å². The molecule has 2 aromatic carbocycles. The van der Waals surface area contributed by atoms with E-state index in [1.54, 1.807) is 48.5 Å². The summed E-state index contributed by atoms with van der Waals surface area (Å²) in [5, 5.41) is 1.61. The fraction of sp³-hybridized carbons (Fsp3) is 0.167. The average molecular weight is 378 g/mol. The Balaban J connectivity index is 2.04. The van der Waals surface area contributed by atoms with Crippen LogP contribution in [-0.2, 0) is 9.84 Å². The second-order valence-corrected chi connectivity index (χ2v) is 7.98. The van der Waals surface area contributed by atoms with Crippen LogP contribution in [0.5, 0.6) is 5.75 Å². The summed E-state index contributed by atoms with van der Waals surface area (Å²) >= 11 is 6.06. The van der Waals surface area contributed by atoms with Gasteiger partial charge in [0.15, 0.2) is 9.84 Å². The Bertz CT molecular complexity index is 940. The van der Waals surface area contributed by atoms with Crippen LogP contribution in [0, 0.1) is 0 Å². The summed E-state index contributed by atoms with van der Waals surface area (Å²) in [6, 6.07) is 12.9. The fourth-order valence-corrected chi connectivity index (χ4v) is 4.15. The van der Waals surface area contributed by atoms with Gasteiger partial charge in [0.2, 0.25) is 0 Å². The number of anilines is 1. The summed E-state index contributed by atoms with van der Waals surface area (Å²) in [6.45, 7) is 0. The van der Waals surface area contributed by atoms with Crippen LogP contribution in [0.25, 0.3) is 0 Å². The summed E-state index contributed by atoms with van der Waals surface area (Å²) in [5.74, 6) is 0.0641. The van der Waals surface area contributed by atoms with Crippen LogP contribution in [0.15, 0.2) is 60.0 Å². The van der Waals surface area contributed by atoms with Crippen LogP contribution in [0.1, 0.15) is 10.4 Å². The lowest BCUT2D eigenvalue weighted by Gasteiger charge is -2.28. The van der Waals surface area contributed by atoms with Crippen LogP contribution in [-0.4, -0.2) is 33.2 Å². The lowest BCUT2D eigenvalue weighted by Crippen LogP contribution is -2.41. The van der Waals surface area contributed by atoms with Crippen molar-refractivity contribution < 1.29 is 17.9 Å². The van der Waals surface area contributed by atoms with Gasteiger partial charge in [-0.1, -0.05) is 23.7 Å². The molecule has 5 nitrogen and oxygen atoms in total. The number of carbonyl (C=O) groups is 1. The number of methoxy groups -OCH3 is 1. The van der Waals surface area contributed by atoms with Crippen molar-refractivity contribution in [2.45, 2.75) is 6.04 Å². The van der Waals surface area contributed by atoms with Gasteiger partial charge in [0.25, 0.3) is 5.91 Å². The lowest BCUT2D eigenvalue weighted by molar-refractivity contribution is 0.0983. The molecule has 1 atom stereocenters. The third kappa shape index (κ3) is 3.86. The predicted octanol–water partition coefficient (Wildman–Crippen LogP) is 3.31. The highest BCUT2D eigenvalue weighted by Crippen LogP contribution is 2.28. The number of hydrogen-bond acceptors (Lipinski definition) is 4. The fourth-order valence-electron chi connectivity index (χ4n) is 2.70. The highest BCUT2D eigenvalue weighted by Gasteiger charge is 2.32. The SMILES string of the molecule is COc1cccc(C(=O)N(c2cccc(Cl)c2)[C@H]2C=CS(=O)(=O)C2)c1. The Hall–Kier alpha value is -2.31. The molecule has 1 heterocycles. The molecule has 25 heavy (non-hydrogen) atoms. The van der Waals surface area contributed by atoms with Gasteiger partial charge in [-0.2, -0.15) is 0 Å². The van der Waals surface area contributed by atoms with Gasteiger partial charge < -0.3 is 9.64 Å². The Kier molecular flexibility index (Phi) is 4.83. The average Bonchev–Trinajstić information content (AvgIpc) is 2.94. The zero-order valence-electron chi connectivity index (χ0n) is 13.4. The summed E-state index contributed by atoms with van der Waals surface area (Å²) in [5.41, 5.74) is 0.934. The maximum atomic E-state index is 13.1. The van der Waals surface area contributed by atoms with Gasteiger partial charge in [-0.25, -0.2) is 8.42 Å². The van der Waals surface area contributed by atoms with Gasteiger partial charge in [-0.05, 0) is 42.5 Å². The van der Waals surface area contributed by atoms with Crippen molar-refractivity contribution in [3.63, 3.8) is 0 Å². The topological polar surface area (TPSA) is 63.7 Å². The molecular formula is C18H16ClNO4S. The van der Waals surface area contributed by atoms with Crippen molar-refractivity contribution in [3.05, 3.63) is 70.6 Å². The molecule has 130 valence electrons. The monoisotopic (exact) mass is 377 g/mol. The van der Waals surface area contributed by atoms with Crippen molar-refractivity contribution in [2.24, 2.45) is 0 Å². The van der Waals surface area contributed by atoms with E-state index in [1.807, 2.05) is 0 Å². The second-order valence-electron chi connectivity index (χ2n) is 5.61. The molecule has 2 aromatic rings. The van der Waals surface area contributed by atoms with Gasteiger partial charge >= 0.3 is 0 Å². The molecule has 0 radical (unpaired) electrons. The van der Waals surface area contributed by atoms with Crippen LogP contribution in [0.4, 0.5) is 5.69 Å². The molecule has 0 saturated carbocycles. The summed E-state index contributed by atoms with van der Waals surface area (Å²) in [6.07, 6.45) is 1.52. The van der Waals surface area contributed by atoms with E-state index in [4.69, 9.17) is 16.3 Å². The molecule has 0 fully saturated rings. The summed E-state index contributed by atoms with van der Waals surface area (Å²) in [7, 11) is -1.80. The molecule has 0 unspecified atom stereocenters. The Morgan fingerprint density at radius 3 is 2.60 bits per heavy atom. The third-order valence-electron chi connectivity index (χ3n) is 3.86. The van der Waals surface area contributed by atoms with Gasteiger partial charge in [-0.15, -0.1) is 0 Å². The summed E-state index contributed by atoms with van der Waals surface area (Å²) in [4.78, 5) is 14.6. The lowest BCUT2D eigenvalue weighted by atomic mass is 10.1. The number of rotatable bonds is 4. The van der Waals surface area contributed by atoms with Crippen molar-refractivity contribution in [2.75, 3.05) is 17.8 Å². The van der Waals surface area contributed by atoms with E-state index in [0.717, 1.165) is 5.41 Å². The number of nitrogens with zero attached hydrogens (tertiary/aromatic N) is 1. The zero-order valence-corrected chi connectivity index (χ0v) is 15.0. The van der Waals surface area contributed by atoms with Crippen LogP contribution in [0.3, 0.4) is 0 Å². The number of sulfone groups is 1. The van der Waals surface area contributed by atoms with Crippen molar-refractivity contribution in [3.8, 4) is 5.75 Å². The molecule has 0 N–H and O–H groups in total. The minimum Gasteiger partial charge on any atom is -0.497 e. The molecule has 0 bridgehead atoms. The molecule has 1 aliphatic heterocycles. The van der Waals surface area contributed by atoms with E-state index < -0.39 is 15.9 Å². The maximum Gasteiger partial charge on any atom is 0.258 e. The van der Waals surface area contributed by atoms with Crippen LogP contribution >= 0.6 is 11.6 Å². The Morgan fingerprint density at radius 2 is 1.96 bits per heavy atom. The number of amides is 1. The standard InChI is InChI=1S/C18H16ClNO4S/c1-24-17-7-2-4-13(10-17)18(21)20(15-6-3-5-14(19)11-15)16-8-9-25(22,23)12-16/h2-11,16H,12H2,1H3/t16-/m0/s1. The molecule has 0 spiro atoms. The first-order chi connectivity index (χ1) is 11.9. The molecule has 7 heteroatoms. The van der Waals surface area contributed by atoms with E-state index in [1.165, 1.54) is 18.1 Å². The van der Waals surface area contributed by atoms with Gasteiger partial charge in [0, 0.05) is 21.7 Å². The van der Waals surface area contributed by atoms with E-state index in [2.05, 4.69) is 0 Å². The normalized spacial score (nSPS) is 18.1. The van der Waals surface area contributed by atoms with Crippen molar-refractivity contribution in [1.82, 2.24) is 0 Å². The number of benzene rings is 2. The molecule has 1 amide bonds. The van der Waals surface area contributed by atoms with Gasteiger partial charge in [0.1, 0.15) is 5.75 Å². The zero-order chi connectivity index (χ0) is 18.0. The molecule has 1 aliphatic rings. The first kappa shape index (κ1) is 17.5. The molecule has 0 aliphatic carbocycles. The van der Waals surface area contributed by atoms with Crippen LogP contribution < -0.4 is 9.64 Å². The maximum absolute atomic E-state index is 13.1. The van der Waals surface area contributed by atoms with Gasteiger partial charge in [0.05, 0.1) is 18.9 Å². The van der Waals surface area contributed by atoms with E-state index in [-0.39, 0.29) is 11.7 Å². The number of carbonyl (C=O) groups excluding carboxylic acids is 1. The van der Waals surface area contributed by atoms with E-state index >= 15 is 0 Å². The summed E-state index contributed by atoms with van der Waals surface area (Å²) < 4.78 is 28.8. The highest BCUT2D eigenvalue weighted by molar-refractivity contribution is 7.94. The highest BCUT2D eigenvalue weighted by atomic mass is 35.5. The Morgan fingerprint density at radius 1 is 1.20 bits per heavy atom. The van der Waals surface area contributed by atoms with Crippen molar-refractivity contribution >= 4 is 33.0 Å². The van der Waals surface area contributed by atoms with E-state index in [9.17, 15) is 13.2 Å². The predicted molar refractivity (Wildman–Crippen MR) is 98.0 cm³/mol. The Labute approximate surface area is 151 Å². The van der Waals surface area contributed by atoms with Gasteiger partial charge in [-0.3, -0.25) is 4.79 Å². The first-order valence-corrected chi connectivity index (χ1v) is 9.63. The minimum absolute atomic E-state index is 0.158. The third-order valence-corrected chi connectivity index (χ3v) is 5.48. The minimum atomic E-state index is -3.32. The number of ether oxygens (including phenoxy) is 1. The molecular weight excluding hydrogens is 362 g/mol. The quantitative estimate of drug-likeness (QED) is 0.820.